The first-order valence-electron chi connectivity index (χ1n) is 7.55. The van der Waals surface area contributed by atoms with Crippen LogP contribution in [0.4, 0.5) is 0 Å². The third-order valence-electron chi connectivity index (χ3n) is 4.23. The SMILES string of the molecule is COc1ccccc1C1CCC(C)CN1C(=O)c1ccon1. The summed E-state index contributed by atoms with van der Waals surface area (Å²) in [5.41, 5.74) is 1.41. The molecule has 5 nitrogen and oxygen atoms in total. The molecule has 1 aromatic carbocycles. The van der Waals surface area contributed by atoms with Crippen molar-refractivity contribution in [2.45, 2.75) is 25.8 Å². The van der Waals surface area contributed by atoms with Gasteiger partial charge in [0.25, 0.3) is 5.91 Å². The van der Waals surface area contributed by atoms with E-state index in [1.165, 1.54) is 6.26 Å². The second-order valence-corrected chi connectivity index (χ2v) is 5.78. The number of nitrogens with zero attached hydrogens (tertiary/aromatic N) is 2. The second kappa shape index (κ2) is 6.22. The van der Waals surface area contributed by atoms with Gasteiger partial charge in [-0.05, 0) is 24.8 Å². The van der Waals surface area contributed by atoms with Crippen molar-refractivity contribution in [3.63, 3.8) is 0 Å². The highest BCUT2D eigenvalue weighted by Crippen LogP contribution is 2.38. The quantitative estimate of drug-likeness (QED) is 0.872. The van der Waals surface area contributed by atoms with Crippen molar-refractivity contribution in [2.75, 3.05) is 13.7 Å². The predicted molar refractivity (Wildman–Crippen MR) is 81.7 cm³/mol. The molecule has 3 rings (SSSR count). The summed E-state index contributed by atoms with van der Waals surface area (Å²) >= 11 is 0. The average molecular weight is 300 g/mol. The van der Waals surface area contributed by atoms with Crippen LogP contribution in [-0.4, -0.2) is 29.6 Å². The molecular formula is C17H20N2O3. The van der Waals surface area contributed by atoms with Gasteiger partial charge in [-0.1, -0.05) is 30.3 Å². The Morgan fingerprint density at radius 2 is 2.14 bits per heavy atom. The van der Waals surface area contributed by atoms with E-state index in [2.05, 4.69) is 12.1 Å². The lowest BCUT2D eigenvalue weighted by molar-refractivity contribution is 0.0530. The second-order valence-electron chi connectivity index (χ2n) is 5.78. The third kappa shape index (κ3) is 2.71. The fourth-order valence-corrected chi connectivity index (χ4v) is 3.11. The molecule has 1 saturated heterocycles. The van der Waals surface area contributed by atoms with E-state index < -0.39 is 0 Å². The Labute approximate surface area is 129 Å². The molecule has 2 unspecified atom stereocenters. The fourth-order valence-electron chi connectivity index (χ4n) is 3.11. The Morgan fingerprint density at radius 3 is 2.86 bits per heavy atom. The first kappa shape index (κ1) is 14.6. The van der Waals surface area contributed by atoms with E-state index in [1.54, 1.807) is 13.2 Å². The monoisotopic (exact) mass is 300 g/mol. The molecule has 2 atom stereocenters. The fraction of sp³-hybridized carbons (Fsp3) is 0.412. The maximum absolute atomic E-state index is 12.8. The normalized spacial score (nSPS) is 21.6. The van der Waals surface area contributed by atoms with E-state index in [4.69, 9.17) is 9.26 Å². The van der Waals surface area contributed by atoms with Crippen LogP contribution in [0.2, 0.25) is 0 Å². The van der Waals surface area contributed by atoms with E-state index >= 15 is 0 Å². The maximum Gasteiger partial charge on any atom is 0.276 e. The van der Waals surface area contributed by atoms with Crippen LogP contribution in [0.5, 0.6) is 5.75 Å². The van der Waals surface area contributed by atoms with Crippen molar-refractivity contribution >= 4 is 5.91 Å². The maximum atomic E-state index is 12.8. The van der Waals surface area contributed by atoms with Crippen LogP contribution >= 0.6 is 0 Å². The van der Waals surface area contributed by atoms with Gasteiger partial charge in [-0.2, -0.15) is 0 Å². The standard InChI is InChI=1S/C17H20N2O3/c1-12-7-8-15(13-5-3-4-6-16(13)21-2)19(11-12)17(20)14-9-10-22-18-14/h3-6,9-10,12,15H,7-8,11H2,1-2H3. The molecular weight excluding hydrogens is 280 g/mol. The van der Waals surface area contributed by atoms with E-state index in [9.17, 15) is 4.79 Å². The van der Waals surface area contributed by atoms with Crippen LogP contribution < -0.4 is 4.74 Å². The van der Waals surface area contributed by atoms with E-state index in [-0.39, 0.29) is 11.9 Å². The molecule has 1 fully saturated rings. The van der Waals surface area contributed by atoms with Crippen LogP contribution in [0.15, 0.2) is 41.1 Å². The van der Waals surface area contributed by atoms with Crippen molar-refractivity contribution in [3.8, 4) is 5.75 Å². The summed E-state index contributed by atoms with van der Waals surface area (Å²) in [6.45, 7) is 2.88. The summed E-state index contributed by atoms with van der Waals surface area (Å²) in [5.74, 6) is 1.21. The number of para-hydroxylation sites is 1. The van der Waals surface area contributed by atoms with Crippen molar-refractivity contribution in [3.05, 3.63) is 47.9 Å². The van der Waals surface area contributed by atoms with Crippen molar-refractivity contribution < 1.29 is 14.1 Å². The summed E-state index contributed by atoms with van der Waals surface area (Å²) in [5, 5.41) is 3.79. The molecule has 22 heavy (non-hydrogen) atoms. The molecule has 0 bridgehead atoms. The summed E-state index contributed by atoms with van der Waals surface area (Å²) in [6, 6.07) is 9.51. The average Bonchev–Trinajstić information content (AvgIpc) is 3.08. The van der Waals surface area contributed by atoms with Gasteiger partial charge < -0.3 is 14.2 Å². The van der Waals surface area contributed by atoms with Crippen molar-refractivity contribution in [1.82, 2.24) is 10.1 Å². The number of benzene rings is 1. The summed E-state index contributed by atoms with van der Waals surface area (Å²) in [7, 11) is 1.66. The number of hydrogen-bond acceptors (Lipinski definition) is 4. The highest BCUT2D eigenvalue weighted by molar-refractivity contribution is 5.92. The zero-order chi connectivity index (χ0) is 15.5. The lowest BCUT2D eigenvalue weighted by Crippen LogP contribution is -2.41. The largest absolute Gasteiger partial charge is 0.496 e. The molecule has 2 heterocycles. The minimum Gasteiger partial charge on any atom is -0.496 e. The van der Waals surface area contributed by atoms with Crippen LogP contribution in [0.1, 0.15) is 41.9 Å². The topological polar surface area (TPSA) is 55.6 Å². The molecule has 1 aliphatic heterocycles. The van der Waals surface area contributed by atoms with Crippen LogP contribution in [-0.2, 0) is 0 Å². The molecule has 0 spiro atoms. The Hall–Kier alpha value is -2.30. The first-order chi connectivity index (χ1) is 10.7. The summed E-state index contributed by atoms with van der Waals surface area (Å²) in [4.78, 5) is 14.6. The minimum absolute atomic E-state index is 0.0107. The molecule has 1 aliphatic rings. The van der Waals surface area contributed by atoms with Gasteiger partial charge in [0.2, 0.25) is 0 Å². The number of rotatable bonds is 3. The molecule has 0 radical (unpaired) electrons. The van der Waals surface area contributed by atoms with Gasteiger partial charge in [-0.25, -0.2) is 0 Å². The highest BCUT2D eigenvalue weighted by Gasteiger charge is 2.33. The number of hydrogen-bond donors (Lipinski definition) is 0. The molecule has 0 N–H and O–H groups in total. The zero-order valence-corrected chi connectivity index (χ0v) is 12.9. The molecule has 0 saturated carbocycles. The van der Waals surface area contributed by atoms with Crippen LogP contribution in [0, 0.1) is 5.92 Å². The molecule has 1 amide bonds. The third-order valence-corrected chi connectivity index (χ3v) is 4.23. The Balaban J connectivity index is 1.95. The molecule has 1 aromatic heterocycles. The Morgan fingerprint density at radius 1 is 1.32 bits per heavy atom. The van der Waals surface area contributed by atoms with Crippen molar-refractivity contribution in [1.29, 1.82) is 0 Å². The van der Waals surface area contributed by atoms with Crippen LogP contribution in [0.25, 0.3) is 0 Å². The Bertz CT molecular complexity index is 639. The van der Waals surface area contributed by atoms with Gasteiger partial charge in [-0.15, -0.1) is 0 Å². The molecule has 116 valence electrons. The van der Waals surface area contributed by atoms with Gasteiger partial charge in [0, 0.05) is 18.2 Å². The van der Waals surface area contributed by atoms with E-state index in [0.29, 0.717) is 18.2 Å². The van der Waals surface area contributed by atoms with Gasteiger partial charge >= 0.3 is 0 Å². The van der Waals surface area contributed by atoms with E-state index in [1.807, 2.05) is 29.2 Å². The minimum atomic E-state index is -0.0868. The predicted octanol–water partition coefficient (Wildman–Crippen LogP) is 3.30. The van der Waals surface area contributed by atoms with Gasteiger partial charge in [0.15, 0.2) is 5.69 Å². The first-order valence-corrected chi connectivity index (χ1v) is 7.55. The lowest BCUT2D eigenvalue weighted by atomic mass is 9.89. The summed E-state index contributed by atoms with van der Waals surface area (Å²) in [6.07, 6.45) is 3.44. The van der Waals surface area contributed by atoms with Crippen LogP contribution in [0.3, 0.4) is 0 Å². The van der Waals surface area contributed by atoms with Crippen molar-refractivity contribution in [2.24, 2.45) is 5.92 Å². The smallest absolute Gasteiger partial charge is 0.276 e. The zero-order valence-electron chi connectivity index (χ0n) is 12.9. The molecule has 0 aliphatic carbocycles. The number of likely N-dealkylation sites (tertiary alicyclic amines) is 1. The highest BCUT2D eigenvalue weighted by atomic mass is 16.5. The number of aromatic nitrogens is 1. The molecule has 5 heteroatoms. The lowest BCUT2D eigenvalue weighted by Gasteiger charge is -2.39. The Kier molecular flexibility index (Phi) is 4.13. The molecule has 2 aromatic rings. The van der Waals surface area contributed by atoms with Gasteiger partial charge in [0.05, 0.1) is 13.2 Å². The van der Waals surface area contributed by atoms with Gasteiger partial charge in [0.1, 0.15) is 12.0 Å². The van der Waals surface area contributed by atoms with Gasteiger partial charge in [-0.3, -0.25) is 4.79 Å². The number of piperidine rings is 1. The van der Waals surface area contributed by atoms with E-state index in [0.717, 1.165) is 24.2 Å². The number of ether oxygens (including phenoxy) is 1. The number of carbonyl (C=O) groups is 1. The number of amides is 1. The number of methoxy groups -OCH3 is 1. The number of carbonyl (C=O) groups excluding carboxylic acids is 1. The summed E-state index contributed by atoms with van der Waals surface area (Å²) < 4.78 is 10.3.